The van der Waals surface area contributed by atoms with Crippen molar-refractivity contribution in [3.63, 3.8) is 0 Å². The van der Waals surface area contributed by atoms with E-state index in [0.717, 1.165) is 32.1 Å². The first-order valence-electron chi connectivity index (χ1n) is 16.1. The number of hydrogen-bond acceptors (Lipinski definition) is 4. The summed E-state index contributed by atoms with van der Waals surface area (Å²) in [5, 5.41) is 6.91. The number of hydrogen-bond donors (Lipinski definition) is 2. The zero-order chi connectivity index (χ0) is 33.1. The Hall–Kier alpha value is -2.95. The Bertz CT molecular complexity index is 1180. The summed E-state index contributed by atoms with van der Waals surface area (Å²) in [4.78, 5) is 2.62. The zero-order valence-corrected chi connectivity index (χ0v) is 28.5. The number of alkyl halides is 3. The van der Waals surface area contributed by atoms with E-state index in [-0.39, 0.29) is 7.43 Å². The summed E-state index contributed by atoms with van der Waals surface area (Å²) in [5.41, 5.74) is 8.81. The first kappa shape index (κ1) is 42.0. The molecule has 2 aliphatic rings. The fourth-order valence-electron chi connectivity index (χ4n) is 4.81. The maximum Gasteiger partial charge on any atom is 0.388 e. The molecule has 7 heteroatoms. The minimum atomic E-state index is -3.96. The Morgan fingerprint density at radius 3 is 2.16 bits per heavy atom. The van der Waals surface area contributed by atoms with Crippen molar-refractivity contribution in [1.29, 1.82) is 0 Å². The molecule has 0 saturated carbocycles. The van der Waals surface area contributed by atoms with E-state index in [1.807, 2.05) is 20.9 Å². The third-order valence-electron chi connectivity index (χ3n) is 7.66. The molecule has 2 heterocycles. The molecule has 0 aromatic heterocycles. The minimum Gasteiger partial charge on any atom is -0.388 e. The van der Waals surface area contributed by atoms with Crippen molar-refractivity contribution in [2.75, 3.05) is 44.0 Å². The van der Waals surface area contributed by atoms with Crippen molar-refractivity contribution in [1.82, 2.24) is 4.90 Å². The smallest absolute Gasteiger partial charge is 0.388 e. The van der Waals surface area contributed by atoms with Crippen molar-refractivity contribution in [2.45, 2.75) is 113 Å². The van der Waals surface area contributed by atoms with Crippen molar-refractivity contribution < 1.29 is 17.9 Å². The van der Waals surface area contributed by atoms with E-state index in [1.54, 1.807) is 0 Å². The summed E-state index contributed by atoms with van der Waals surface area (Å²) in [5.74, 6) is 6.41. The maximum atomic E-state index is 10.8. The first-order valence-corrected chi connectivity index (χ1v) is 16.1. The third-order valence-corrected chi connectivity index (χ3v) is 7.66. The van der Waals surface area contributed by atoms with E-state index < -0.39 is 12.6 Å². The van der Waals surface area contributed by atoms with Gasteiger partial charge < -0.3 is 15.4 Å². The summed E-state index contributed by atoms with van der Waals surface area (Å²) >= 11 is 0. The number of ether oxygens (including phenoxy) is 1. The number of nitrogens with one attached hydrogen (secondary N) is 2. The summed E-state index contributed by atoms with van der Waals surface area (Å²) in [6, 6.07) is 14.1. The molecule has 2 saturated heterocycles. The van der Waals surface area contributed by atoms with Gasteiger partial charge in [0.25, 0.3) is 0 Å². The molecule has 0 amide bonds. The second-order valence-corrected chi connectivity index (χ2v) is 11.0. The molecule has 2 aromatic carbocycles. The van der Waals surface area contributed by atoms with Gasteiger partial charge in [-0.1, -0.05) is 65.2 Å². The summed E-state index contributed by atoms with van der Waals surface area (Å²) < 4.78 is 37.9. The van der Waals surface area contributed by atoms with Crippen LogP contribution in [-0.4, -0.2) is 56.5 Å². The molecule has 2 aliphatic heterocycles. The molecule has 2 fully saturated rings. The molecule has 2 N–H and O–H groups in total. The van der Waals surface area contributed by atoms with Gasteiger partial charge in [0.2, 0.25) is 0 Å². The molecular formula is C38H60F3N3O. The molecule has 1 unspecified atom stereocenters. The maximum absolute atomic E-state index is 10.8. The van der Waals surface area contributed by atoms with Crippen LogP contribution in [0.3, 0.4) is 0 Å². The SMILES string of the molecule is C.CC.CCC#C/C(C)=C/c1c(C)cccc1NC1CCN(C2CCOC2)CC1.CCC(F)(F)F.CNc1ccc(C)c(C)c1. The molecule has 4 nitrogen and oxygen atoms in total. The molecule has 45 heavy (non-hydrogen) atoms. The van der Waals surface area contributed by atoms with Gasteiger partial charge in [0.15, 0.2) is 0 Å². The van der Waals surface area contributed by atoms with E-state index in [0.29, 0.717) is 12.1 Å². The Morgan fingerprint density at radius 2 is 1.64 bits per heavy atom. The lowest BCUT2D eigenvalue weighted by Gasteiger charge is -2.36. The van der Waals surface area contributed by atoms with E-state index in [1.165, 1.54) is 66.0 Å². The van der Waals surface area contributed by atoms with Crippen molar-refractivity contribution in [3.05, 3.63) is 64.2 Å². The van der Waals surface area contributed by atoms with Crippen LogP contribution in [0.5, 0.6) is 0 Å². The van der Waals surface area contributed by atoms with Crippen molar-refractivity contribution in [3.8, 4) is 11.8 Å². The molecule has 0 aliphatic carbocycles. The Kier molecular flexibility index (Phi) is 21.1. The number of anilines is 2. The van der Waals surface area contributed by atoms with Crippen LogP contribution in [0.25, 0.3) is 6.08 Å². The van der Waals surface area contributed by atoms with Crippen molar-refractivity contribution in [2.24, 2.45) is 0 Å². The van der Waals surface area contributed by atoms with Gasteiger partial charge in [0.1, 0.15) is 0 Å². The van der Waals surface area contributed by atoms with E-state index in [4.69, 9.17) is 4.74 Å². The van der Waals surface area contributed by atoms with E-state index in [2.05, 4.69) is 104 Å². The highest BCUT2D eigenvalue weighted by Gasteiger charge is 2.27. The highest BCUT2D eigenvalue weighted by Crippen LogP contribution is 2.26. The Morgan fingerprint density at radius 1 is 1.00 bits per heavy atom. The van der Waals surface area contributed by atoms with Gasteiger partial charge >= 0.3 is 6.18 Å². The standard InChI is InChI=1S/C23H32N2O.C9H13N.C3H5F3.C2H6.CH4/c1-4-5-7-18(2)16-22-19(3)8-6-9-23(22)24-20-10-13-25(14-11-20)21-12-15-26-17-21;1-7-4-5-9(10-3)6-8(7)2;1-2-3(4,5)6;1-2;/h6,8-9,16,20-21,24H,4,10-15,17H2,1-3H3;4-6,10H,1-3H3;2H2,1H3;1-2H3;1H4/b18-16+;;;;. The van der Waals surface area contributed by atoms with Crippen LogP contribution in [0.2, 0.25) is 0 Å². The fraction of sp³-hybridized carbons (Fsp3) is 0.579. The molecule has 0 radical (unpaired) electrons. The number of halogens is 3. The van der Waals surface area contributed by atoms with Crippen LogP contribution in [0.4, 0.5) is 24.5 Å². The highest BCUT2D eigenvalue weighted by molar-refractivity contribution is 5.72. The predicted molar refractivity (Wildman–Crippen MR) is 190 cm³/mol. The number of rotatable bonds is 5. The molecule has 0 bridgehead atoms. The van der Waals surface area contributed by atoms with Crippen LogP contribution in [0, 0.1) is 32.6 Å². The second-order valence-electron chi connectivity index (χ2n) is 11.0. The summed E-state index contributed by atoms with van der Waals surface area (Å²) in [6.07, 6.45) is 2.03. The van der Waals surface area contributed by atoms with Gasteiger partial charge in [-0.15, -0.1) is 0 Å². The summed E-state index contributed by atoms with van der Waals surface area (Å²) in [7, 11) is 1.93. The van der Waals surface area contributed by atoms with Gasteiger partial charge in [-0.25, -0.2) is 0 Å². The highest BCUT2D eigenvalue weighted by atomic mass is 19.4. The van der Waals surface area contributed by atoms with Gasteiger partial charge in [-0.3, -0.25) is 4.90 Å². The van der Waals surface area contributed by atoms with Gasteiger partial charge in [-0.2, -0.15) is 13.2 Å². The molecule has 4 rings (SSSR count). The van der Waals surface area contributed by atoms with Crippen LogP contribution in [-0.2, 0) is 4.74 Å². The Labute approximate surface area is 273 Å². The van der Waals surface area contributed by atoms with E-state index in [9.17, 15) is 13.2 Å². The number of likely N-dealkylation sites (tertiary alicyclic amines) is 1. The molecule has 2 aromatic rings. The molecular weight excluding hydrogens is 571 g/mol. The lowest BCUT2D eigenvalue weighted by atomic mass is 9.99. The fourth-order valence-corrected chi connectivity index (χ4v) is 4.81. The number of nitrogens with zero attached hydrogens (tertiary/aromatic N) is 1. The molecule has 254 valence electrons. The van der Waals surface area contributed by atoms with E-state index >= 15 is 0 Å². The van der Waals surface area contributed by atoms with Gasteiger partial charge in [-0.05, 0) is 93.5 Å². The number of benzene rings is 2. The lowest BCUT2D eigenvalue weighted by molar-refractivity contribution is -0.130. The number of allylic oxidation sites excluding steroid dienone is 1. The topological polar surface area (TPSA) is 36.5 Å². The monoisotopic (exact) mass is 631 g/mol. The zero-order valence-electron chi connectivity index (χ0n) is 28.5. The predicted octanol–water partition coefficient (Wildman–Crippen LogP) is 10.4. The van der Waals surface area contributed by atoms with Crippen LogP contribution >= 0.6 is 0 Å². The summed E-state index contributed by atoms with van der Waals surface area (Å²) in [6.45, 7) is 19.9. The minimum absolute atomic E-state index is 0. The normalized spacial score (nSPS) is 16.6. The van der Waals surface area contributed by atoms with Crippen LogP contribution in [0.1, 0.15) is 96.4 Å². The van der Waals surface area contributed by atoms with Crippen molar-refractivity contribution >= 4 is 17.5 Å². The molecule has 0 spiro atoms. The van der Waals surface area contributed by atoms with Gasteiger partial charge in [0.05, 0.1) is 6.61 Å². The first-order chi connectivity index (χ1) is 21.0. The van der Waals surface area contributed by atoms with Crippen LogP contribution < -0.4 is 10.6 Å². The lowest BCUT2D eigenvalue weighted by Crippen LogP contribution is -2.44. The number of aryl methyl sites for hydroxylation is 3. The number of piperidine rings is 1. The third kappa shape index (κ3) is 16.3. The average molecular weight is 632 g/mol. The largest absolute Gasteiger partial charge is 0.388 e. The average Bonchev–Trinajstić information content (AvgIpc) is 3.56. The Balaban J connectivity index is 0.000000841. The molecule has 1 atom stereocenters. The second kappa shape index (κ2) is 22.5. The quantitative estimate of drug-likeness (QED) is 0.322. The van der Waals surface area contributed by atoms with Gasteiger partial charge in [0, 0.05) is 68.6 Å². The van der Waals surface area contributed by atoms with Crippen LogP contribution in [0.15, 0.2) is 42.0 Å².